The number of amides is 3. The molecule has 2 aliphatic heterocycles. The molecule has 35 heavy (non-hydrogen) atoms. The van der Waals surface area contributed by atoms with Crippen molar-refractivity contribution in [3.8, 4) is 0 Å². The van der Waals surface area contributed by atoms with Crippen LogP contribution in [0.1, 0.15) is 49.0 Å². The van der Waals surface area contributed by atoms with E-state index in [1.165, 1.54) is 9.80 Å². The smallest absolute Gasteiger partial charge is 0.255 e. The summed E-state index contributed by atoms with van der Waals surface area (Å²) in [6, 6.07) is 4.51. The quantitative estimate of drug-likeness (QED) is 0.223. The third-order valence-corrected chi connectivity index (χ3v) is 6.30. The summed E-state index contributed by atoms with van der Waals surface area (Å²) in [5, 5.41) is 0. The van der Waals surface area contributed by atoms with Gasteiger partial charge in [0.05, 0.1) is 58.9 Å². The van der Waals surface area contributed by atoms with Crippen LogP contribution in [0.2, 0.25) is 0 Å². The van der Waals surface area contributed by atoms with Gasteiger partial charge < -0.3 is 29.6 Å². The number of benzene rings is 1. The van der Waals surface area contributed by atoms with Crippen molar-refractivity contribution < 1.29 is 33.3 Å². The number of hydrogen-bond donors (Lipinski definition) is 1. The molecule has 194 valence electrons. The summed E-state index contributed by atoms with van der Waals surface area (Å²) >= 11 is 0. The molecule has 0 radical (unpaired) electrons. The molecule has 0 aromatic heterocycles. The number of fused-ring (bicyclic) bond motifs is 1. The first-order chi connectivity index (χ1) is 16.9. The van der Waals surface area contributed by atoms with Gasteiger partial charge in [0.25, 0.3) is 11.8 Å². The fourth-order valence-electron chi connectivity index (χ4n) is 4.10. The highest BCUT2D eigenvalue weighted by atomic mass is 16.6. The Labute approximate surface area is 206 Å². The normalized spacial score (nSPS) is 18.9. The maximum Gasteiger partial charge on any atom is 0.255 e. The van der Waals surface area contributed by atoms with Gasteiger partial charge in [-0.2, -0.15) is 0 Å². The van der Waals surface area contributed by atoms with E-state index in [-0.39, 0.29) is 49.9 Å². The summed E-state index contributed by atoms with van der Waals surface area (Å²) in [6.07, 6.45) is 1.74. The number of ether oxygens (including phenoxy) is 4. The molecule has 0 spiro atoms. The fourth-order valence-corrected chi connectivity index (χ4v) is 4.10. The van der Waals surface area contributed by atoms with Crippen LogP contribution in [-0.4, -0.2) is 92.5 Å². The SMILES string of the molecule is CCC(C)OCCOCCOCCOCCN1C(=O)CCC(N2Cc3c(N)cccc3C2=O)C1=O. The molecule has 10 heteroatoms. The second-order valence-corrected chi connectivity index (χ2v) is 8.67. The van der Waals surface area contributed by atoms with Crippen LogP contribution >= 0.6 is 0 Å². The van der Waals surface area contributed by atoms with Gasteiger partial charge in [0.15, 0.2) is 0 Å². The molecule has 1 aromatic rings. The molecule has 0 bridgehead atoms. The van der Waals surface area contributed by atoms with Crippen molar-refractivity contribution in [3.05, 3.63) is 29.3 Å². The van der Waals surface area contributed by atoms with Crippen LogP contribution < -0.4 is 5.73 Å². The Kier molecular flexibility index (Phi) is 10.5. The molecule has 10 nitrogen and oxygen atoms in total. The molecule has 2 heterocycles. The predicted octanol–water partition coefficient (Wildman–Crippen LogP) is 1.61. The minimum Gasteiger partial charge on any atom is -0.398 e. The number of anilines is 1. The van der Waals surface area contributed by atoms with Gasteiger partial charge in [-0.1, -0.05) is 13.0 Å². The number of carbonyl (C=O) groups is 3. The van der Waals surface area contributed by atoms with Crippen LogP contribution in [0.4, 0.5) is 5.69 Å². The van der Waals surface area contributed by atoms with Crippen LogP contribution in [0, 0.1) is 0 Å². The van der Waals surface area contributed by atoms with Crippen molar-refractivity contribution in [2.75, 3.05) is 58.5 Å². The van der Waals surface area contributed by atoms with Crippen LogP contribution in [-0.2, 0) is 35.1 Å². The van der Waals surface area contributed by atoms with E-state index in [1.807, 2.05) is 6.92 Å². The van der Waals surface area contributed by atoms with E-state index in [4.69, 9.17) is 24.7 Å². The van der Waals surface area contributed by atoms with E-state index >= 15 is 0 Å². The van der Waals surface area contributed by atoms with Crippen LogP contribution in [0.5, 0.6) is 0 Å². The average molecular weight is 492 g/mol. The van der Waals surface area contributed by atoms with Crippen molar-refractivity contribution in [2.24, 2.45) is 0 Å². The number of carbonyl (C=O) groups excluding carboxylic acids is 3. The first-order valence-corrected chi connectivity index (χ1v) is 12.3. The van der Waals surface area contributed by atoms with Gasteiger partial charge in [0, 0.05) is 29.8 Å². The van der Waals surface area contributed by atoms with Gasteiger partial charge >= 0.3 is 0 Å². The van der Waals surface area contributed by atoms with Crippen LogP contribution in [0.3, 0.4) is 0 Å². The largest absolute Gasteiger partial charge is 0.398 e. The van der Waals surface area contributed by atoms with Crippen LogP contribution in [0.25, 0.3) is 0 Å². The van der Waals surface area contributed by atoms with Gasteiger partial charge in [-0.3, -0.25) is 19.3 Å². The summed E-state index contributed by atoms with van der Waals surface area (Å²) in [4.78, 5) is 41.0. The Hall–Kier alpha value is -2.53. The minimum absolute atomic E-state index is 0.143. The second-order valence-electron chi connectivity index (χ2n) is 8.67. The third kappa shape index (κ3) is 7.23. The molecule has 1 fully saturated rings. The molecule has 1 aromatic carbocycles. The van der Waals surface area contributed by atoms with Gasteiger partial charge in [-0.05, 0) is 31.9 Å². The molecular formula is C25H37N3O7. The van der Waals surface area contributed by atoms with E-state index in [1.54, 1.807) is 18.2 Å². The molecular weight excluding hydrogens is 454 g/mol. The van der Waals surface area contributed by atoms with Gasteiger partial charge in [-0.15, -0.1) is 0 Å². The lowest BCUT2D eigenvalue weighted by molar-refractivity contribution is -0.153. The van der Waals surface area contributed by atoms with Crippen molar-refractivity contribution in [2.45, 2.75) is 51.8 Å². The zero-order valence-corrected chi connectivity index (χ0v) is 20.7. The molecule has 3 amide bonds. The van der Waals surface area contributed by atoms with E-state index in [2.05, 4.69) is 6.92 Å². The Morgan fingerprint density at radius 1 is 1.00 bits per heavy atom. The third-order valence-electron chi connectivity index (χ3n) is 6.30. The molecule has 2 N–H and O–H groups in total. The molecule has 2 atom stereocenters. The van der Waals surface area contributed by atoms with Crippen molar-refractivity contribution in [1.29, 1.82) is 0 Å². The van der Waals surface area contributed by atoms with Crippen molar-refractivity contribution in [3.63, 3.8) is 0 Å². The van der Waals surface area contributed by atoms with Gasteiger partial charge in [-0.25, -0.2) is 0 Å². The molecule has 0 aliphatic carbocycles. The maximum atomic E-state index is 13.0. The van der Waals surface area contributed by atoms with Gasteiger partial charge in [0.2, 0.25) is 5.91 Å². The molecule has 0 saturated carbocycles. The number of nitrogens with two attached hydrogens (primary N) is 1. The highest BCUT2D eigenvalue weighted by Gasteiger charge is 2.42. The standard InChI is InChI=1S/C25H37N3O7/c1-3-18(2)35-16-15-34-14-13-33-12-11-32-10-9-27-23(29)8-7-22(25(27)31)28-17-20-19(24(28)30)5-4-6-21(20)26/h4-6,18,22H,3,7-17,26H2,1-2H3. The molecule has 1 saturated heterocycles. The van der Waals surface area contributed by atoms with E-state index in [0.29, 0.717) is 57.3 Å². The number of imide groups is 1. The lowest BCUT2D eigenvalue weighted by Gasteiger charge is -2.35. The van der Waals surface area contributed by atoms with Crippen molar-refractivity contribution >= 4 is 23.4 Å². The zero-order chi connectivity index (χ0) is 25.2. The summed E-state index contributed by atoms with van der Waals surface area (Å²) in [5.41, 5.74) is 7.80. The first kappa shape index (κ1) is 27.1. The second kappa shape index (κ2) is 13.5. The number of piperidine rings is 1. The molecule has 3 rings (SSSR count). The summed E-state index contributed by atoms with van der Waals surface area (Å²) in [7, 11) is 0. The lowest BCUT2D eigenvalue weighted by Crippen LogP contribution is -2.55. The minimum atomic E-state index is -0.675. The summed E-state index contributed by atoms with van der Waals surface area (Å²) in [6.45, 7) is 7.50. The van der Waals surface area contributed by atoms with Gasteiger partial charge in [0.1, 0.15) is 6.04 Å². The Morgan fingerprint density at radius 3 is 2.31 bits per heavy atom. The highest BCUT2D eigenvalue weighted by molar-refractivity contribution is 6.06. The topological polar surface area (TPSA) is 121 Å². The average Bonchev–Trinajstić information content (AvgIpc) is 3.18. The number of likely N-dealkylation sites (tertiary alicyclic amines) is 1. The van der Waals surface area contributed by atoms with E-state index in [9.17, 15) is 14.4 Å². The predicted molar refractivity (Wildman–Crippen MR) is 129 cm³/mol. The lowest BCUT2D eigenvalue weighted by atomic mass is 10.0. The van der Waals surface area contributed by atoms with Crippen LogP contribution in [0.15, 0.2) is 18.2 Å². The maximum absolute atomic E-state index is 13.0. The monoisotopic (exact) mass is 491 g/mol. The number of hydrogen-bond acceptors (Lipinski definition) is 8. The van der Waals surface area contributed by atoms with E-state index in [0.717, 1.165) is 12.0 Å². The highest BCUT2D eigenvalue weighted by Crippen LogP contribution is 2.31. The zero-order valence-electron chi connectivity index (χ0n) is 20.7. The molecule has 2 unspecified atom stereocenters. The Morgan fingerprint density at radius 2 is 1.66 bits per heavy atom. The molecule has 2 aliphatic rings. The Bertz CT molecular complexity index is 879. The van der Waals surface area contributed by atoms with E-state index < -0.39 is 6.04 Å². The number of nitrogens with zero attached hydrogens (tertiary/aromatic N) is 2. The fraction of sp³-hybridized carbons (Fsp3) is 0.640. The Balaban J connectivity index is 1.31. The number of rotatable bonds is 15. The number of nitrogen functional groups attached to an aromatic ring is 1. The first-order valence-electron chi connectivity index (χ1n) is 12.3. The summed E-state index contributed by atoms with van der Waals surface area (Å²) < 4.78 is 22.0. The summed E-state index contributed by atoms with van der Waals surface area (Å²) in [5.74, 6) is -0.833. The van der Waals surface area contributed by atoms with Crippen molar-refractivity contribution in [1.82, 2.24) is 9.80 Å².